The standard InChI is InChI=1S/C13H19N3O5/c1-12(2)20-9-7(6-17)19-10(13(9,3)21-12)16-5-4-8(14)15-11(16)18/h4-5,7,9-10,17H,6H2,1-3H3,(H2,14,15,18)/t7-,9?,10-,13+/m1/s1. The maximum Gasteiger partial charge on any atom is 0.351 e. The van der Waals surface area contributed by atoms with Crippen molar-refractivity contribution in [2.45, 2.75) is 50.6 Å². The summed E-state index contributed by atoms with van der Waals surface area (Å²) < 4.78 is 18.9. The van der Waals surface area contributed by atoms with Gasteiger partial charge < -0.3 is 25.1 Å². The molecule has 0 saturated carbocycles. The van der Waals surface area contributed by atoms with Crippen LogP contribution in [-0.2, 0) is 14.2 Å². The SMILES string of the molecule is CC1(C)OC2[C@@H](CO)O[C@@H](n3ccc(N)nc3=O)[C@@]2(C)O1. The van der Waals surface area contributed by atoms with Crippen LogP contribution in [0.4, 0.5) is 5.82 Å². The second-order valence-corrected chi connectivity index (χ2v) is 5.98. The van der Waals surface area contributed by atoms with Crippen LogP contribution in [0.15, 0.2) is 17.1 Å². The second-order valence-electron chi connectivity index (χ2n) is 5.98. The monoisotopic (exact) mass is 297 g/mol. The highest BCUT2D eigenvalue weighted by atomic mass is 16.8. The zero-order chi connectivity index (χ0) is 15.4. The number of rotatable bonds is 2. The van der Waals surface area contributed by atoms with Crippen LogP contribution >= 0.6 is 0 Å². The molecular weight excluding hydrogens is 278 g/mol. The third kappa shape index (κ3) is 2.15. The second kappa shape index (κ2) is 4.51. The third-order valence-electron chi connectivity index (χ3n) is 3.86. The Morgan fingerprint density at radius 2 is 2.19 bits per heavy atom. The average Bonchev–Trinajstić information content (AvgIpc) is 2.76. The molecule has 2 saturated heterocycles. The van der Waals surface area contributed by atoms with Gasteiger partial charge in [-0.3, -0.25) is 4.57 Å². The molecule has 0 bridgehead atoms. The maximum atomic E-state index is 12.0. The van der Waals surface area contributed by atoms with Gasteiger partial charge in [-0.15, -0.1) is 0 Å². The van der Waals surface area contributed by atoms with E-state index in [0.717, 1.165) is 0 Å². The summed E-state index contributed by atoms with van der Waals surface area (Å²) in [7, 11) is 0. The van der Waals surface area contributed by atoms with Gasteiger partial charge in [-0.25, -0.2) is 4.79 Å². The van der Waals surface area contributed by atoms with Gasteiger partial charge in [0.15, 0.2) is 12.0 Å². The summed E-state index contributed by atoms with van der Waals surface area (Å²) in [6.07, 6.45) is -0.299. The summed E-state index contributed by atoms with van der Waals surface area (Å²) in [5, 5.41) is 9.49. The van der Waals surface area contributed by atoms with E-state index in [9.17, 15) is 9.90 Å². The number of aliphatic hydroxyl groups excluding tert-OH is 1. The van der Waals surface area contributed by atoms with Gasteiger partial charge in [0, 0.05) is 6.20 Å². The molecule has 0 aliphatic carbocycles. The number of fused-ring (bicyclic) bond motifs is 1. The first kappa shape index (κ1) is 14.5. The number of nitrogens with two attached hydrogens (primary N) is 1. The number of aliphatic hydroxyl groups is 1. The Hall–Kier alpha value is -1.48. The minimum Gasteiger partial charge on any atom is -0.394 e. The fourth-order valence-electron chi connectivity index (χ4n) is 3.13. The van der Waals surface area contributed by atoms with E-state index in [1.54, 1.807) is 20.8 Å². The van der Waals surface area contributed by atoms with Gasteiger partial charge in [-0.05, 0) is 26.8 Å². The van der Waals surface area contributed by atoms with E-state index < -0.39 is 35.5 Å². The van der Waals surface area contributed by atoms with E-state index in [4.69, 9.17) is 19.9 Å². The Kier molecular flexibility index (Phi) is 3.10. The van der Waals surface area contributed by atoms with Gasteiger partial charge in [0.05, 0.1) is 6.61 Å². The van der Waals surface area contributed by atoms with Crippen molar-refractivity contribution in [1.29, 1.82) is 0 Å². The lowest BCUT2D eigenvalue weighted by Gasteiger charge is -2.30. The average molecular weight is 297 g/mol. The smallest absolute Gasteiger partial charge is 0.351 e. The lowest BCUT2D eigenvalue weighted by molar-refractivity contribution is -0.218. The molecule has 0 amide bonds. The molecule has 8 nitrogen and oxygen atoms in total. The molecule has 4 atom stereocenters. The van der Waals surface area contributed by atoms with Crippen LogP contribution in [-0.4, -0.2) is 44.9 Å². The number of hydrogen-bond donors (Lipinski definition) is 2. The first-order valence-electron chi connectivity index (χ1n) is 6.76. The highest BCUT2D eigenvalue weighted by Crippen LogP contribution is 2.50. The lowest BCUT2D eigenvalue weighted by atomic mass is 9.96. The number of ether oxygens (including phenoxy) is 3. The molecule has 3 heterocycles. The van der Waals surface area contributed by atoms with E-state index in [2.05, 4.69) is 4.98 Å². The number of nitrogen functional groups attached to an aromatic ring is 1. The number of anilines is 1. The Labute approximate surface area is 121 Å². The Morgan fingerprint density at radius 3 is 2.81 bits per heavy atom. The Balaban J connectivity index is 2.05. The zero-order valence-corrected chi connectivity index (χ0v) is 12.1. The van der Waals surface area contributed by atoms with Gasteiger partial charge in [-0.1, -0.05) is 0 Å². The fourth-order valence-corrected chi connectivity index (χ4v) is 3.13. The van der Waals surface area contributed by atoms with Crippen LogP contribution in [0.3, 0.4) is 0 Å². The van der Waals surface area contributed by atoms with Crippen molar-refractivity contribution < 1.29 is 19.3 Å². The van der Waals surface area contributed by atoms with Crippen LogP contribution in [0.1, 0.15) is 27.0 Å². The van der Waals surface area contributed by atoms with Gasteiger partial charge >= 0.3 is 5.69 Å². The predicted octanol–water partition coefficient (Wildman–Crippen LogP) is -0.375. The van der Waals surface area contributed by atoms with Crippen molar-refractivity contribution in [1.82, 2.24) is 9.55 Å². The first-order valence-corrected chi connectivity index (χ1v) is 6.76. The fraction of sp³-hybridized carbons (Fsp3) is 0.692. The van der Waals surface area contributed by atoms with E-state index in [1.165, 1.54) is 16.8 Å². The summed E-state index contributed by atoms with van der Waals surface area (Å²) in [6, 6.07) is 1.51. The van der Waals surface area contributed by atoms with E-state index in [1.807, 2.05) is 0 Å². The highest BCUT2D eigenvalue weighted by Gasteiger charge is 2.64. The number of nitrogens with zero attached hydrogens (tertiary/aromatic N) is 2. The van der Waals surface area contributed by atoms with Gasteiger partial charge in [0.25, 0.3) is 0 Å². The summed E-state index contributed by atoms with van der Waals surface area (Å²) in [6.45, 7) is 5.14. The molecule has 2 aliphatic heterocycles. The number of hydrogen-bond acceptors (Lipinski definition) is 7. The highest BCUT2D eigenvalue weighted by molar-refractivity contribution is 5.24. The van der Waals surface area contributed by atoms with Crippen LogP contribution in [0.5, 0.6) is 0 Å². The molecule has 1 aromatic rings. The van der Waals surface area contributed by atoms with Crippen LogP contribution in [0.2, 0.25) is 0 Å². The third-order valence-corrected chi connectivity index (χ3v) is 3.86. The predicted molar refractivity (Wildman–Crippen MR) is 72.3 cm³/mol. The van der Waals surface area contributed by atoms with Crippen molar-refractivity contribution >= 4 is 5.82 Å². The lowest BCUT2D eigenvalue weighted by Crippen LogP contribution is -2.44. The molecule has 21 heavy (non-hydrogen) atoms. The van der Waals surface area contributed by atoms with Crippen LogP contribution < -0.4 is 11.4 Å². The van der Waals surface area contributed by atoms with Crippen LogP contribution in [0.25, 0.3) is 0 Å². The summed E-state index contributed by atoms with van der Waals surface area (Å²) in [4.78, 5) is 15.7. The molecule has 2 fully saturated rings. The topological polar surface area (TPSA) is 109 Å². The van der Waals surface area contributed by atoms with E-state index in [-0.39, 0.29) is 12.4 Å². The minimum atomic E-state index is -0.904. The van der Waals surface area contributed by atoms with Crippen molar-refractivity contribution in [2.24, 2.45) is 0 Å². The Morgan fingerprint density at radius 1 is 1.48 bits per heavy atom. The molecule has 0 aromatic carbocycles. The van der Waals surface area contributed by atoms with Crippen molar-refractivity contribution in [3.05, 3.63) is 22.7 Å². The molecule has 2 aliphatic rings. The van der Waals surface area contributed by atoms with Gasteiger partial charge in [0.1, 0.15) is 23.6 Å². The molecule has 1 unspecified atom stereocenters. The molecule has 116 valence electrons. The largest absolute Gasteiger partial charge is 0.394 e. The molecule has 1 aromatic heterocycles. The maximum absolute atomic E-state index is 12.0. The van der Waals surface area contributed by atoms with E-state index in [0.29, 0.717) is 0 Å². The molecule has 8 heteroatoms. The van der Waals surface area contributed by atoms with Crippen LogP contribution in [0, 0.1) is 0 Å². The van der Waals surface area contributed by atoms with Crippen molar-refractivity contribution in [2.75, 3.05) is 12.3 Å². The number of aromatic nitrogens is 2. The van der Waals surface area contributed by atoms with Crippen molar-refractivity contribution in [3.8, 4) is 0 Å². The summed E-state index contributed by atoms with van der Waals surface area (Å²) in [5.41, 5.74) is 4.06. The summed E-state index contributed by atoms with van der Waals surface area (Å²) >= 11 is 0. The minimum absolute atomic E-state index is 0.138. The molecule has 3 rings (SSSR count). The quantitative estimate of drug-likeness (QED) is 0.766. The molecule has 3 N–H and O–H groups in total. The van der Waals surface area contributed by atoms with Gasteiger partial charge in [-0.2, -0.15) is 4.98 Å². The molecular formula is C13H19N3O5. The van der Waals surface area contributed by atoms with Crippen molar-refractivity contribution in [3.63, 3.8) is 0 Å². The Bertz CT molecular complexity index is 616. The van der Waals surface area contributed by atoms with E-state index >= 15 is 0 Å². The zero-order valence-electron chi connectivity index (χ0n) is 12.1. The molecule has 0 spiro atoms. The molecule has 0 radical (unpaired) electrons. The normalized spacial score (nSPS) is 37.6. The first-order chi connectivity index (χ1) is 9.77. The van der Waals surface area contributed by atoms with Gasteiger partial charge in [0.2, 0.25) is 0 Å². The summed E-state index contributed by atoms with van der Waals surface area (Å²) in [5.74, 6) is -0.682.